The van der Waals surface area contributed by atoms with Gasteiger partial charge in [-0.15, -0.1) is 0 Å². The lowest BCUT2D eigenvalue weighted by Crippen LogP contribution is -2.31. The van der Waals surface area contributed by atoms with Crippen molar-refractivity contribution in [1.82, 2.24) is 4.98 Å². The first-order valence-electron chi connectivity index (χ1n) is 7.72. The number of ether oxygens (including phenoxy) is 1. The van der Waals surface area contributed by atoms with Crippen molar-refractivity contribution in [1.29, 1.82) is 0 Å². The molecule has 1 aliphatic rings. The molecule has 0 saturated heterocycles. The number of pyridine rings is 1. The highest BCUT2D eigenvalue weighted by Crippen LogP contribution is 2.30. The number of benzene rings is 1. The molecule has 2 atom stereocenters. The SMILES string of the molecule is CCC(N)C(Oc1ccc2c(c1)CCC2)c1ccncc1. The van der Waals surface area contributed by atoms with E-state index in [1.807, 2.05) is 12.1 Å². The van der Waals surface area contributed by atoms with E-state index >= 15 is 0 Å². The fourth-order valence-electron chi connectivity index (χ4n) is 2.94. The van der Waals surface area contributed by atoms with Crippen LogP contribution in [-0.2, 0) is 12.8 Å². The molecule has 1 aromatic carbocycles. The van der Waals surface area contributed by atoms with Crippen LogP contribution in [0.4, 0.5) is 0 Å². The Morgan fingerprint density at radius 3 is 2.67 bits per heavy atom. The summed E-state index contributed by atoms with van der Waals surface area (Å²) < 4.78 is 6.23. The zero-order valence-electron chi connectivity index (χ0n) is 12.5. The Balaban J connectivity index is 1.85. The molecule has 0 amide bonds. The lowest BCUT2D eigenvalue weighted by molar-refractivity contribution is 0.171. The van der Waals surface area contributed by atoms with Gasteiger partial charge >= 0.3 is 0 Å². The summed E-state index contributed by atoms with van der Waals surface area (Å²) in [6.45, 7) is 2.09. The fourth-order valence-corrected chi connectivity index (χ4v) is 2.94. The van der Waals surface area contributed by atoms with Gasteiger partial charge in [-0.3, -0.25) is 4.98 Å². The summed E-state index contributed by atoms with van der Waals surface area (Å²) in [4.78, 5) is 4.07. The van der Waals surface area contributed by atoms with Crippen LogP contribution in [0.3, 0.4) is 0 Å². The molecule has 3 heteroatoms. The summed E-state index contributed by atoms with van der Waals surface area (Å²) >= 11 is 0. The maximum atomic E-state index is 6.26. The van der Waals surface area contributed by atoms with Crippen molar-refractivity contribution in [3.63, 3.8) is 0 Å². The number of hydrogen-bond donors (Lipinski definition) is 1. The van der Waals surface area contributed by atoms with E-state index in [0.29, 0.717) is 0 Å². The van der Waals surface area contributed by atoms with E-state index in [1.165, 1.54) is 24.0 Å². The average Bonchev–Trinajstić information content (AvgIpc) is 3.00. The van der Waals surface area contributed by atoms with Gasteiger partial charge in [-0.25, -0.2) is 0 Å². The van der Waals surface area contributed by atoms with Crippen LogP contribution in [0, 0.1) is 0 Å². The Bertz CT molecular complexity index is 597. The molecule has 3 nitrogen and oxygen atoms in total. The Hall–Kier alpha value is -1.87. The van der Waals surface area contributed by atoms with Gasteiger partial charge in [0.15, 0.2) is 0 Å². The number of fused-ring (bicyclic) bond motifs is 1. The highest BCUT2D eigenvalue weighted by molar-refractivity contribution is 5.38. The summed E-state index contributed by atoms with van der Waals surface area (Å²) in [6.07, 6.45) is 7.92. The summed E-state index contributed by atoms with van der Waals surface area (Å²) in [5.41, 5.74) is 10.2. The third-order valence-electron chi connectivity index (χ3n) is 4.23. The molecule has 3 rings (SSSR count). The molecule has 0 bridgehead atoms. The van der Waals surface area contributed by atoms with Crippen LogP contribution >= 0.6 is 0 Å². The second-order valence-corrected chi connectivity index (χ2v) is 5.68. The van der Waals surface area contributed by atoms with E-state index in [0.717, 1.165) is 24.2 Å². The normalized spacial score (nSPS) is 16.3. The van der Waals surface area contributed by atoms with Crippen LogP contribution in [-0.4, -0.2) is 11.0 Å². The standard InChI is InChI=1S/C18H22N2O/c1-2-17(19)18(14-8-10-20-11-9-14)21-16-7-6-13-4-3-5-15(13)12-16/h6-12,17-18H,2-5,19H2,1H3. The minimum Gasteiger partial charge on any atom is -0.484 e. The van der Waals surface area contributed by atoms with Crippen LogP contribution in [0.2, 0.25) is 0 Å². The smallest absolute Gasteiger partial charge is 0.139 e. The highest BCUT2D eigenvalue weighted by Gasteiger charge is 2.21. The van der Waals surface area contributed by atoms with Gasteiger partial charge in [0.2, 0.25) is 0 Å². The number of nitrogens with zero attached hydrogens (tertiary/aromatic N) is 1. The Morgan fingerprint density at radius 2 is 1.90 bits per heavy atom. The predicted molar refractivity (Wildman–Crippen MR) is 84.3 cm³/mol. The van der Waals surface area contributed by atoms with Gasteiger partial charge in [0.05, 0.1) is 0 Å². The lowest BCUT2D eigenvalue weighted by atomic mass is 10.0. The van der Waals surface area contributed by atoms with Crippen LogP contribution in [0.15, 0.2) is 42.7 Å². The van der Waals surface area contributed by atoms with Gasteiger partial charge in [0.1, 0.15) is 11.9 Å². The lowest BCUT2D eigenvalue weighted by Gasteiger charge is -2.25. The zero-order valence-corrected chi connectivity index (χ0v) is 12.5. The van der Waals surface area contributed by atoms with Crippen molar-refractivity contribution in [2.24, 2.45) is 5.73 Å². The van der Waals surface area contributed by atoms with E-state index in [2.05, 4.69) is 30.1 Å². The van der Waals surface area contributed by atoms with Gasteiger partial charge in [-0.2, -0.15) is 0 Å². The van der Waals surface area contributed by atoms with Crippen molar-refractivity contribution < 1.29 is 4.74 Å². The van der Waals surface area contributed by atoms with Gasteiger partial charge in [0.25, 0.3) is 0 Å². The number of rotatable bonds is 5. The molecule has 2 unspecified atom stereocenters. The third-order valence-corrected chi connectivity index (χ3v) is 4.23. The van der Waals surface area contributed by atoms with Crippen molar-refractivity contribution in [3.05, 3.63) is 59.4 Å². The minimum absolute atomic E-state index is 0.0272. The first-order valence-corrected chi connectivity index (χ1v) is 7.72. The second-order valence-electron chi connectivity index (χ2n) is 5.68. The number of hydrogen-bond acceptors (Lipinski definition) is 3. The predicted octanol–water partition coefficient (Wildman–Crippen LogP) is 3.43. The van der Waals surface area contributed by atoms with E-state index < -0.39 is 0 Å². The molecule has 0 radical (unpaired) electrons. The number of aryl methyl sites for hydroxylation is 2. The Morgan fingerprint density at radius 1 is 1.14 bits per heavy atom. The Labute approximate surface area is 126 Å². The fraction of sp³-hybridized carbons (Fsp3) is 0.389. The summed E-state index contributed by atoms with van der Waals surface area (Å²) in [7, 11) is 0. The van der Waals surface area contributed by atoms with E-state index in [-0.39, 0.29) is 12.1 Å². The largest absolute Gasteiger partial charge is 0.484 e. The van der Waals surface area contributed by atoms with Crippen LogP contribution < -0.4 is 10.5 Å². The monoisotopic (exact) mass is 282 g/mol. The van der Waals surface area contributed by atoms with E-state index in [4.69, 9.17) is 10.5 Å². The quantitative estimate of drug-likeness (QED) is 0.914. The van der Waals surface area contributed by atoms with Gasteiger partial charge < -0.3 is 10.5 Å². The molecule has 1 heterocycles. The number of aromatic nitrogens is 1. The van der Waals surface area contributed by atoms with Crippen molar-refractivity contribution in [2.45, 2.75) is 44.8 Å². The molecular formula is C18H22N2O. The maximum Gasteiger partial charge on any atom is 0.139 e. The molecule has 110 valence electrons. The molecular weight excluding hydrogens is 260 g/mol. The Kier molecular flexibility index (Phi) is 4.20. The molecule has 1 aromatic heterocycles. The van der Waals surface area contributed by atoms with Crippen molar-refractivity contribution >= 4 is 0 Å². The molecule has 0 saturated carbocycles. The van der Waals surface area contributed by atoms with Gasteiger partial charge in [-0.1, -0.05) is 13.0 Å². The molecule has 0 spiro atoms. The number of nitrogens with two attached hydrogens (primary N) is 1. The third kappa shape index (κ3) is 3.08. The van der Waals surface area contributed by atoms with Crippen molar-refractivity contribution in [3.8, 4) is 5.75 Å². The average molecular weight is 282 g/mol. The molecule has 2 N–H and O–H groups in total. The molecule has 21 heavy (non-hydrogen) atoms. The maximum absolute atomic E-state index is 6.26. The zero-order chi connectivity index (χ0) is 14.7. The summed E-state index contributed by atoms with van der Waals surface area (Å²) in [6, 6.07) is 10.4. The van der Waals surface area contributed by atoms with Gasteiger partial charge in [-0.05, 0) is 66.6 Å². The molecule has 1 aliphatic carbocycles. The second kappa shape index (κ2) is 6.27. The van der Waals surface area contributed by atoms with E-state index in [9.17, 15) is 0 Å². The minimum atomic E-state index is -0.127. The van der Waals surface area contributed by atoms with Gasteiger partial charge in [0, 0.05) is 18.4 Å². The van der Waals surface area contributed by atoms with Crippen LogP contribution in [0.5, 0.6) is 5.75 Å². The van der Waals surface area contributed by atoms with Crippen molar-refractivity contribution in [2.75, 3.05) is 0 Å². The first kappa shape index (κ1) is 14.1. The molecule has 2 aromatic rings. The summed E-state index contributed by atoms with van der Waals surface area (Å²) in [5, 5.41) is 0. The topological polar surface area (TPSA) is 48.1 Å². The highest BCUT2D eigenvalue weighted by atomic mass is 16.5. The van der Waals surface area contributed by atoms with Crippen LogP contribution in [0.25, 0.3) is 0 Å². The van der Waals surface area contributed by atoms with Crippen LogP contribution in [0.1, 0.15) is 42.6 Å². The molecule has 0 aliphatic heterocycles. The molecule has 0 fully saturated rings. The van der Waals surface area contributed by atoms with E-state index in [1.54, 1.807) is 12.4 Å². The summed E-state index contributed by atoms with van der Waals surface area (Å²) in [5.74, 6) is 0.918. The first-order chi connectivity index (χ1) is 10.3.